The van der Waals surface area contributed by atoms with E-state index in [0.717, 1.165) is 16.9 Å². The molecule has 138 valence electrons. The minimum absolute atomic E-state index is 0.112. The first kappa shape index (κ1) is 18.6. The summed E-state index contributed by atoms with van der Waals surface area (Å²) in [6.07, 6.45) is 3.04. The van der Waals surface area contributed by atoms with Crippen LogP contribution in [-0.4, -0.2) is 15.9 Å². The summed E-state index contributed by atoms with van der Waals surface area (Å²) >= 11 is 0. The standard InChI is InChI=1S/C22H24N4O/c1-15-6-5-7-19(12-15)25-20(27)16-13-23-21(24-14-16)26-18-10-8-17(9-11-18)22(2,3)4/h5-14H,1-4H3,(H,25,27)(H,23,24,26). The number of carbonyl (C=O) groups is 1. The molecule has 0 radical (unpaired) electrons. The molecule has 0 spiro atoms. The highest BCUT2D eigenvalue weighted by Crippen LogP contribution is 2.24. The zero-order chi connectivity index (χ0) is 19.4. The van der Waals surface area contributed by atoms with E-state index in [2.05, 4.69) is 53.5 Å². The van der Waals surface area contributed by atoms with Crippen LogP contribution in [0.2, 0.25) is 0 Å². The molecule has 2 N–H and O–H groups in total. The highest BCUT2D eigenvalue weighted by Gasteiger charge is 2.13. The van der Waals surface area contributed by atoms with Gasteiger partial charge in [0.15, 0.2) is 0 Å². The summed E-state index contributed by atoms with van der Waals surface area (Å²) in [7, 11) is 0. The number of aromatic nitrogens is 2. The van der Waals surface area contributed by atoms with Crippen molar-refractivity contribution in [3.05, 3.63) is 77.6 Å². The van der Waals surface area contributed by atoms with E-state index < -0.39 is 0 Å². The molecule has 0 saturated carbocycles. The van der Waals surface area contributed by atoms with Crippen molar-refractivity contribution in [1.82, 2.24) is 9.97 Å². The SMILES string of the molecule is Cc1cccc(NC(=O)c2cnc(Nc3ccc(C(C)(C)C)cc3)nc2)c1. The zero-order valence-corrected chi connectivity index (χ0v) is 16.1. The van der Waals surface area contributed by atoms with E-state index in [1.54, 1.807) is 0 Å². The second-order valence-corrected chi connectivity index (χ2v) is 7.57. The van der Waals surface area contributed by atoms with Gasteiger partial charge in [-0.2, -0.15) is 0 Å². The van der Waals surface area contributed by atoms with E-state index in [1.165, 1.54) is 18.0 Å². The number of anilines is 3. The number of hydrogen-bond donors (Lipinski definition) is 2. The van der Waals surface area contributed by atoms with Gasteiger partial charge in [0.05, 0.1) is 5.56 Å². The van der Waals surface area contributed by atoms with E-state index in [1.807, 2.05) is 43.3 Å². The number of carbonyl (C=O) groups excluding carboxylic acids is 1. The minimum atomic E-state index is -0.235. The Bertz CT molecular complexity index is 926. The molecule has 3 rings (SSSR count). The van der Waals surface area contributed by atoms with Crippen molar-refractivity contribution >= 4 is 23.2 Å². The Balaban J connectivity index is 1.65. The molecule has 0 atom stereocenters. The predicted octanol–water partition coefficient (Wildman–Crippen LogP) is 5.08. The van der Waals surface area contributed by atoms with Crippen molar-refractivity contribution < 1.29 is 4.79 Å². The highest BCUT2D eigenvalue weighted by atomic mass is 16.1. The Morgan fingerprint density at radius 3 is 2.19 bits per heavy atom. The van der Waals surface area contributed by atoms with Gasteiger partial charge in [0.1, 0.15) is 0 Å². The summed E-state index contributed by atoms with van der Waals surface area (Å²) in [5.74, 6) is 0.215. The molecule has 0 aliphatic carbocycles. The predicted molar refractivity (Wildman–Crippen MR) is 110 cm³/mol. The van der Waals surface area contributed by atoms with Crippen LogP contribution < -0.4 is 10.6 Å². The molecule has 0 unspecified atom stereocenters. The molecule has 0 fully saturated rings. The molecule has 5 heteroatoms. The van der Waals surface area contributed by atoms with E-state index in [0.29, 0.717) is 11.5 Å². The molecule has 1 aromatic heterocycles. The van der Waals surface area contributed by atoms with Gasteiger partial charge in [-0.25, -0.2) is 9.97 Å². The van der Waals surface area contributed by atoms with Crippen molar-refractivity contribution in [1.29, 1.82) is 0 Å². The first-order chi connectivity index (χ1) is 12.8. The average Bonchev–Trinajstić information content (AvgIpc) is 2.62. The number of nitrogens with one attached hydrogen (secondary N) is 2. The topological polar surface area (TPSA) is 66.9 Å². The van der Waals surface area contributed by atoms with Crippen molar-refractivity contribution in [3.8, 4) is 0 Å². The van der Waals surface area contributed by atoms with Crippen molar-refractivity contribution in [2.24, 2.45) is 0 Å². The van der Waals surface area contributed by atoms with E-state index in [4.69, 9.17) is 0 Å². The fourth-order valence-corrected chi connectivity index (χ4v) is 2.62. The molecule has 27 heavy (non-hydrogen) atoms. The largest absolute Gasteiger partial charge is 0.324 e. The number of aryl methyl sites for hydroxylation is 1. The number of hydrogen-bond acceptors (Lipinski definition) is 4. The lowest BCUT2D eigenvalue weighted by Gasteiger charge is -2.19. The molecule has 1 heterocycles. The summed E-state index contributed by atoms with van der Waals surface area (Å²) in [4.78, 5) is 20.8. The van der Waals surface area contributed by atoms with Gasteiger partial charge in [0.25, 0.3) is 5.91 Å². The van der Waals surface area contributed by atoms with Gasteiger partial charge in [-0.1, -0.05) is 45.0 Å². The Hall–Kier alpha value is -3.21. The quantitative estimate of drug-likeness (QED) is 0.681. The second-order valence-electron chi connectivity index (χ2n) is 7.57. The molecular formula is C22H24N4O. The molecule has 2 aromatic carbocycles. The first-order valence-electron chi connectivity index (χ1n) is 8.89. The van der Waals surface area contributed by atoms with Crippen LogP contribution in [0.4, 0.5) is 17.3 Å². The maximum absolute atomic E-state index is 12.3. The Labute approximate surface area is 159 Å². The summed E-state index contributed by atoms with van der Waals surface area (Å²) in [5.41, 5.74) is 4.52. The van der Waals surface area contributed by atoms with E-state index in [9.17, 15) is 4.79 Å². The van der Waals surface area contributed by atoms with Gasteiger partial charge in [0, 0.05) is 23.8 Å². The van der Waals surface area contributed by atoms with Gasteiger partial charge in [0.2, 0.25) is 5.95 Å². The van der Waals surface area contributed by atoms with Crippen LogP contribution in [0, 0.1) is 6.92 Å². The van der Waals surface area contributed by atoms with Gasteiger partial charge in [-0.05, 0) is 47.7 Å². The maximum atomic E-state index is 12.3. The smallest absolute Gasteiger partial charge is 0.258 e. The van der Waals surface area contributed by atoms with Crippen LogP contribution in [0.3, 0.4) is 0 Å². The number of benzene rings is 2. The summed E-state index contributed by atoms with van der Waals surface area (Å²) < 4.78 is 0. The molecule has 1 amide bonds. The minimum Gasteiger partial charge on any atom is -0.324 e. The first-order valence-corrected chi connectivity index (χ1v) is 8.89. The Kier molecular flexibility index (Phi) is 5.21. The zero-order valence-electron chi connectivity index (χ0n) is 16.1. The molecular weight excluding hydrogens is 336 g/mol. The Morgan fingerprint density at radius 2 is 1.59 bits per heavy atom. The third-order valence-corrected chi connectivity index (χ3v) is 4.20. The van der Waals surface area contributed by atoms with Gasteiger partial charge >= 0.3 is 0 Å². The van der Waals surface area contributed by atoms with Crippen LogP contribution in [0.25, 0.3) is 0 Å². The normalized spacial score (nSPS) is 11.1. The number of amides is 1. The lowest BCUT2D eigenvalue weighted by atomic mass is 9.87. The highest BCUT2D eigenvalue weighted by molar-refractivity contribution is 6.03. The van der Waals surface area contributed by atoms with Crippen LogP contribution in [0.15, 0.2) is 60.9 Å². The fourth-order valence-electron chi connectivity index (χ4n) is 2.62. The van der Waals surface area contributed by atoms with Crippen LogP contribution in [0.5, 0.6) is 0 Å². The van der Waals surface area contributed by atoms with Gasteiger partial charge < -0.3 is 10.6 Å². The summed E-state index contributed by atoms with van der Waals surface area (Å²) in [5, 5.41) is 6.00. The van der Waals surface area contributed by atoms with Crippen LogP contribution in [0.1, 0.15) is 42.3 Å². The Morgan fingerprint density at radius 1 is 0.926 bits per heavy atom. The summed E-state index contributed by atoms with van der Waals surface area (Å²) in [6, 6.07) is 15.8. The molecule has 5 nitrogen and oxygen atoms in total. The van der Waals surface area contributed by atoms with Crippen molar-refractivity contribution in [3.63, 3.8) is 0 Å². The van der Waals surface area contributed by atoms with Crippen molar-refractivity contribution in [2.75, 3.05) is 10.6 Å². The van der Waals surface area contributed by atoms with E-state index in [-0.39, 0.29) is 11.3 Å². The van der Waals surface area contributed by atoms with Crippen molar-refractivity contribution in [2.45, 2.75) is 33.1 Å². The van der Waals surface area contributed by atoms with E-state index >= 15 is 0 Å². The fraction of sp³-hybridized carbons (Fsp3) is 0.227. The third-order valence-electron chi connectivity index (χ3n) is 4.20. The lowest BCUT2D eigenvalue weighted by Crippen LogP contribution is -2.13. The van der Waals surface area contributed by atoms with Crippen LogP contribution >= 0.6 is 0 Å². The molecule has 0 bridgehead atoms. The average molecular weight is 360 g/mol. The van der Waals surface area contributed by atoms with Crippen LogP contribution in [-0.2, 0) is 5.41 Å². The number of nitrogens with zero attached hydrogens (tertiary/aromatic N) is 2. The molecule has 0 saturated heterocycles. The second kappa shape index (κ2) is 7.58. The van der Waals surface area contributed by atoms with Gasteiger partial charge in [-0.3, -0.25) is 4.79 Å². The third kappa shape index (κ3) is 4.91. The monoisotopic (exact) mass is 360 g/mol. The molecule has 3 aromatic rings. The summed E-state index contributed by atoms with van der Waals surface area (Å²) in [6.45, 7) is 8.52. The lowest BCUT2D eigenvalue weighted by molar-refractivity contribution is 0.102. The van der Waals surface area contributed by atoms with Gasteiger partial charge in [-0.15, -0.1) is 0 Å². The maximum Gasteiger partial charge on any atom is 0.258 e. The number of rotatable bonds is 4. The molecule has 0 aliphatic rings. The molecule has 0 aliphatic heterocycles.